The third-order valence-corrected chi connectivity index (χ3v) is 6.23. The Bertz CT molecular complexity index is 878. The molecule has 0 unspecified atom stereocenters. The zero-order valence-corrected chi connectivity index (χ0v) is 15.5. The lowest BCUT2D eigenvalue weighted by molar-refractivity contribution is -0.138. The van der Waals surface area contributed by atoms with Crippen molar-refractivity contribution >= 4 is 33.2 Å². The second kappa shape index (κ2) is 6.99. The van der Waals surface area contributed by atoms with Crippen molar-refractivity contribution in [3.8, 4) is 5.75 Å². The maximum absolute atomic E-state index is 12.3. The fraction of sp³-hybridized carbons (Fsp3) is 0.412. The van der Waals surface area contributed by atoms with Gasteiger partial charge in [0.25, 0.3) is 5.91 Å². The van der Waals surface area contributed by atoms with Crippen molar-refractivity contribution in [2.24, 2.45) is 0 Å². The maximum Gasteiger partial charge on any atom is 0.255 e. The zero-order valence-electron chi connectivity index (χ0n) is 14.7. The number of hydrogen-bond acceptors (Lipinski definition) is 6. The normalized spacial score (nSPS) is 19.3. The fourth-order valence-electron chi connectivity index (χ4n) is 3.07. The Morgan fingerprint density at radius 1 is 1.27 bits per heavy atom. The molecule has 0 aromatic heterocycles. The van der Waals surface area contributed by atoms with E-state index in [-0.39, 0.29) is 24.1 Å². The minimum absolute atomic E-state index is 0.131. The van der Waals surface area contributed by atoms with Gasteiger partial charge in [-0.3, -0.25) is 18.8 Å². The second-order valence-electron chi connectivity index (χ2n) is 6.22. The van der Waals surface area contributed by atoms with E-state index >= 15 is 0 Å². The molecule has 26 heavy (non-hydrogen) atoms. The van der Waals surface area contributed by atoms with E-state index in [1.807, 2.05) is 0 Å². The number of methoxy groups -OCH3 is 1. The van der Waals surface area contributed by atoms with Crippen LogP contribution >= 0.6 is 0 Å². The van der Waals surface area contributed by atoms with Crippen LogP contribution in [0.4, 0.5) is 11.4 Å². The van der Waals surface area contributed by atoms with Crippen LogP contribution in [-0.4, -0.2) is 51.1 Å². The molecule has 2 amide bonds. The second-order valence-corrected chi connectivity index (χ2v) is 8.23. The van der Waals surface area contributed by atoms with Gasteiger partial charge >= 0.3 is 0 Å². The predicted octanol–water partition coefficient (Wildman–Crippen LogP) is 1.31. The molecule has 9 heteroatoms. The van der Waals surface area contributed by atoms with Gasteiger partial charge in [-0.25, -0.2) is 8.42 Å². The zero-order chi connectivity index (χ0) is 18.9. The van der Waals surface area contributed by atoms with E-state index in [4.69, 9.17) is 4.74 Å². The Kier molecular flexibility index (Phi) is 4.90. The number of ether oxygens (including phenoxy) is 1. The smallest absolute Gasteiger partial charge is 0.255 e. The third-order valence-electron chi connectivity index (χ3n) is 4.37. The highest BCUT2D eigenvalue weighted by atomic mass is 32.2. The summed E-state index contributed by atoms with van der Waals surface area (Å²) in [6, 6.07) is 5.09. The molecule has 0 bridgehead atoms. The number of nitrogens with zero attached hydrogens (tertiary/aromatic N) is 2. The molecule has 0 atom stereocenters. The number of amides is 2. The van der Waals surface area contributed by atoms with E-state index < -0.39 is 10.0 Å². The first-order valence-electron chi connectivity index (χ1n) is 8.30. The van der Waals surface area contributed by atoms with Gasteiger partial charge < -0.3 is 10.1 Å². The lowest BCUT2D eigenvalue weighted by Crippen LogP contribution is -2.38. The van der Waals surface area contributed by atoms with Crippen LogP contribution in [0.15, 0.2) is 30.0 Å². The molecule has 1 N–H and O–H groups in total. The monoisotopic (exact) mass is 379 g/mol. The van der Waals surface area contributed by atoms with Gasteiger partial charge in [-0.2, -0.15) is 0 Å². The molecule has 1 fully saturated rings. The lowest BCUT2D eigenvalue weighted by atomic mass is 10.2. The fourth-order valence-corrected chi connectivity index (χ4v) is 4.72. The number of hydrogen-bond donors (Lipinski definition) is 1. The number of nitrogens with one attached hydrogen (secondary N) is 1. The molecule has 8 nitrogen and oxygen atoms in total. The van der Waals surface area contributed by atoms with Crippen LogP contribution in [0.2, 0.25) is 0 Å². The number of imide groups is 1. The Labute approximate surface area is 152 Å². The van der Waals surface area contributed by atoms with E-state index in [1.165, 1.54) is 24.4 Å². The summed E-state index contributed by atoms with van der Waals surface area (Å²) < 4.78 is 31.4. The van der Waals surface area contributed by atoms with Gasteiger partial charge in [0.1, 0.15) is 5.75 Å². The first-order valence-corrected chi connectivity index (χ1v) is 9.91. The van der Waals surface area contributed by atoms with Gasteiger partial charge in [-0.05, 0) is 25.0 Å². The SMILES string of the molecule is COc1cc(NC2=CC(=O)N(C(C)=O)C2)ccc1N1CCCCS1(=O)=O. The van der Waals surface area contributed by atoms with Gasteiger partial charge in [0.2, 0.25) is 15.9 Å². The van der Waals surface area contributed by atoms with Crippen LogP contribution < -0.4 is 14.4 Å². The Morgan fingerprint density at radius 3 is 2.65 bits per heavy atom. The topological polar surface area (TPSA) is 96.0 Å². The Balaban J connectivity index is 1.83. The number of benzene rings is 1. The van der Waals surface area contributed by atoms with Crippen LogP contribution in [0.5, 0.6) is 5.75 Å². The number of sulfonamides is 1. The molecular weight excluding hydrogens is 358 g/mol. The van der Waals surface area contributed by atoms with Crippen molar-refractivity contribution in [1.82, 2.24) is 4.90 Å². The molecule has 0 aliphatic carbocycles. The summed E-state index contributed by atoms with van der Waals surface area (Å²) in [5, 5.41) is 3.08. The van der Waals surface area contributed by atoms with E-state index in [0.29, 0.717) is 35.8 Å². The number of carbonyl (C=O) groups excluding carboxylic acids is 2. The standard InChI is InChI=1S/C17H21N3O5S/c1-12(21)19-11-14(10-17(19)22)18-13-5-6-15(16(9-13)25-2)20-7-3-4-8-26(20,23)24/h5-6,9-10,18H,3-4,7-8,11H2,1-2H3. The molecule has 2 heterocycles. The van der Waals surface area contributed by atoms with Gasteiger partial charge in [-0.1, -0.05) is 0 Å². The molecule has 140 valence electrons. The van der Waals surface area contributed by atoms with Crippen LogP contribution in [0.3, 0.4) is 0 Å². The molecule has 0 saturated carbocycles. The first kappa shape index (κ1) is 18.2. The quantitative estimate of drug-likeness (QED) is 0.847. The van der Waals surface area contributed by atoms with Crippen molar-refractivity contribution in [3.05, 3.63) is 30.0 Å². The molecule has 0 spiro atoms. The van der Waals surface area contributed by atoms with Crippen molar-refractivity contribution in [3.63, 3.8) is 0 Å². The molecule has 1 aromatic rings. The molecular formula is C17H21N3O5S. The molecule has 2 aliphatic rings. The maximum atomic E-state index is 12.3. The summed E-state index contributed by atoms with van der Waals surface area (Å²) in [4.78, 5) is 24.3. The summed E-state index contributed by atoms with van der Waals surface area (Å²) in [6.07, 6.45) is 2.84. The van der Waals surface area contributed by atoms with Crippen LogP contribution in [0, 0.1) is 0 Å². The highest BCUT2D eigenvalue weighted by Crippen LogP contribution is 2.35. The third kappa shape index (κ3) is 3.52. The van der Waals surface area contributed by atoms with Crippen LogP contribution in [-0.2, 0) is 19.6 Å². The van der Waals surface area contributed by atoms with Gasteiger partial charge in [0.05, 0.1) is 25.1 Å². The highest BCUT2D eigenvalue weighted by Gasteiger charge is 2.29. The van der Waals surface area contributed by atoms with E-state index in [0.717, 1.165) is 11.3 Å². The molecule has 3 rings (SSSR count). The summed E-state index contributed by atoms with van der Waals surface area (Å²) in [7, 11) is -1.85. The number of anilines is 2. The molecule has 2 aliphatic heterocycles. The van der Waals surface area contributed by atoms with E-state index in [2.05, 4.69) is 5.32 Å². The molecule has 0 radical (unpaired) electrons. The summed E-state index contributed by atoms with van der Waals surface area (Å²) in [6.45, 7) is 1.95. The van der Waals surface area contributed by atoms with Crippen LogP contribution in [0.1, 0.15) is 19.8 Å². The van der Waals surface area contributed by atoms with Crippen molar-refractivity contribution < 1.29 is 22.7 Å². The lowest BCUT2D eigenvalue weighted by Gasteiger charge is -2.29. The summed E-state index contributed by atoms with van der Waals surface area (Å²) in [5.74, 6) is -0.116. The first-order chi connectivity index (χ1) is 12.3. The molecule has 1 aromatic carbocycles. The van der Waals surface area contributed by atoms with Crippen molar-refractivity contribution in [1.29, 1.82) is 0 Å². The van der Waals surface area contributed by atoms with E-state index in [9.17, 15) is 18.0 Å². The number of rotatable bonds is 4. The molecule has 1 saturated heterocycles. The average Bonchev–Trinajstić information content (AvgIpc) is 2.95. The summed E-state index contributed by atoms with van der Waals surface area (Å²) in [5.41, 5.74) is 1.73. The van der Waals surface area contributed by atoms with Gasteiger partial charge in [0.15, 0.2) is 0 Å². The Morgan fingerprint density at radius 2 is 2.04 bits per heavy atom. The average molecular weight is 379 g/mol. The number of carbonyl (C=O) groups is 2. The van der Waals surface area contributed by atoms with Gasteiger partial charge in [-0.15, -0.1) is 0 Å². The Hall–Kier alpha value is -2.55. The van der Waals surface area contributed by atoms with Crippen molar-refractivity contribution in [2.45, 2.75) is 19.8 Å². The van der Waals surface area contributed by atoms with E-state index in [1.54, 1.807) is 18.2 Å². The minimum atomic E-state index is -3.34. The largest absolute Gasteiger partial charge is 0.494 e. The summed E-state index contributed by atoms with van der Waals surface area (Å²) >= 11 is 0. The van der Waals surface area contributed by atoms with Gasteiger partial charge in [0, 0.05) is 37.0 Å². The van der Waals surface area contributed by atoms with Crippen molar-refractivity contribution in [2.75, 3.05) is 35.6 Å². The predicted molar refractivity (Wildman–Crippen MR) is 97.5 cm³/mol. The van der Waals surface area contributed by atoms with Crippen LogP contribution in [0.25, 0.3) is 0 Å². The highest BCUT2D eigenvalue weighted by molar-refractivity contribution is 7.92. The minimum Gasteiger partial charge on any atom is -0.494 e.